The number of carboxylic acid groups (broad SMARTS) is 1. The molecule has 0 saturated heterocycles. The topological polar surface area (TPSA) is 126 Å². The summed E-state index contributed by atoms with van der Waals surface area (Å²) in [5, 5.41) is 20.9. The van der Waals surface area contributed by atoms with Gasteiger partial charge in [0.25, 0.3) is 0 Å². The highest BCUT2D eigenvalue weighted by molar-refractivity contribution is 5.98. The van der Waals surface area contributed by atoms with Gasteiger partial charge in [0.2, 0.25) is 0 Å². The second-order valence-corrected chi connectivity index (χ2v) is 5.36. The number of benzene rings is 1. The maximum atomic E-state index is 11.8. The van der Waals surface area contributed by atoms with Crippen LogP contribution in [-0.4, -0.2) is 40.8 Å². The minimum absolute atomic E-state index is 0.0917. The number of carbonyl (C=O) groups excluding carboxylic acids is 2. The van der Waals surface area contributed by atoms with Gasteiger partial charge in [-0.15, -0.1) is 0 Å². The summed E-state index contributed by atoms with van der Waals surface area (Å²) in [4.78, 5) is 33.7. The molecule has 0 aliphatic carbocycles. The van der Waals surface area contributed by atoms with Gasteiger partial charge in [-0.25, -0.2) is 9.59 Å². The number of rotatable bonds is 7. The second-order valence-electron chi connectivity index (χ2n) is 5.36. The monoisotopic (exact) mass is 371 g/mol. The van der Waals surface area contributed by atoms with Crippen molar-refractivity contribution in [3.05, 3.63) is 54.0 Å². The Labute approximate surface area is 154 Å². The molecule has 0 aliphatic rings. The van der Waals surface area contributed by atoms with Gasteiger partial charge >= 0.3 is 17.9 Å². The minimum atomic E-state index is -1.89. The summed E-state index contributed by atoms with van der Waals surface area (Å²) >= 11 is 0. The Morgan fingerprint density at radius 2 is 1.93 bits per heavy atom. The SMILES string of the molecule is O=C(O)CC(O)C(=O)OC(=O)c1ccc(NCCC#Cc2ccco2)cc1. The third-order valence-electron chi connectivity index (χ3n) is 3.27. The van der Waals surface area contributed by atoms with Gasteiger partial charge in [0.15, 0.2) is 11.9 Å². The fourth-order valence-corrected chi connectivity index (χ4v) is 1.96. The summed E-state index contributed by atoms with van der Waals surface area (Å²) in [5.41, 5.74) is 0.831. The zero-order valence-corrected chi connectivity index (χ0v) is 14.2. The number of anilines is 1. The van der Waals surface area contributed by atoms with E-state index in [1.807, 2.05) is 0 Å². The first-order valence-corrected chi connectivity index (χ1v) is 7.98. The van der Waals surface area contributed by atoms with Crippen molar-refractivity contribution in [2.24, 2.45) is 0 Å². The number of hydrogen-bond acceptors (Lipinski definition) is 7. The van der Waals surface area contributed by atoms with Gasteiger partial charge in [-0.2, -0.15) is 0 Å². The van der Waals surface area contributed by atoms with Crippen molar-refractivity contribution < 1.29 is 33.8 Å². The van der Waals surface area contributed by atoms with Crippen LogP contribution >= 0.6 is 0 Å². The lowest BCUT2D eigenvalue weighted by molar-refractivity contribution is -0.153. The van der Waals surface area contributed by atoms with E-state index >= 15 is 0 Å². The Balaban J connectivity index is 1.79. The fourth-order valence-electron chi connectivity index (χ4n) is 1.96. The molecule has 2 rings (SSSR count). The number of nitrogens with one attached hydrogen (secondary N) is 1. The molecule has 27 heavy (non-hydrogen) atoms. The van der Waals surface area contributed by atoms with Crippen molar-refractivity contribution in [1.82, 2.24) is 0 Å². The van der Waals surface area contributed by atoms with Gasteiger partial charge in [0.1, 0.15) is 0 Å². The molecule has 140 valence electrons. The van der Waals surface area contributed by atoms with E-state index < -0.39 is 30.4 Å². The number of aliphatic hydroxyl groups is 1. The molecular formula is C19H17NO7. The van der Waals surface area contributed by atoms with Crippen molar-refractivity contribution in [3.8, 4) is 11.8 Å². The number of ether oxygens (including phenoxy) is 1. The quantitative estimate of drug-likeness (QED) is 0.290. The fraction of sp³-hybridized carbons (Fsp3) is 0.211. The number of furan rings is 1. The number of aliphatic hydroxyl groups excluding tert-OH is 1. The predicted molar refractivity (Wildman–Crippen MR) is 93.8 cm³/mol. The first-order valence-electron chi connectivity index (χ1n) is 7.98. The number of carbonyl (C=O) groups is 3. The molecule has 0 spiro atoms. The van der Waals surface area contributed by atoms with Crippen molar-refractivity contribution in [2.75, 3.05) is 11.9 Å². The Bertz CT molecular complexity index is 844. The lowest BCUT2D eigenvalue weighted by Crippen LogP contribution is -2.28. The van der Waals surface area contributed by atoms with Crippen LogP contribution in [0.5, 0.6) is 0 Å². The van der Waals surface area contributed by atoms with Crippen LogP contribution in [0.1, 0.15) is 29.0 Å². The van der Waals surface area contributed by atoms with Crippen molar-refractivity contribution in [1.29, 1.82) is 0 Å². The maximum Gasteiger partial charge on any atom is 0.345 e. The van der Waals surface area contributed by atoms with Crippen LogP contribution in [0.4, 0.5) is 5.69 Å². The Kier molecular flexibility index (Phi) is 7.16. The molecule has 0 bridgehead atoms. The maximum absolute atomic E-state index is 11.8. The van der Waals surface area contributed by atoms with Crippen LogP contribution in [0.3, 0.4) is 0 Å². The standard InChI is InChI=1S/C19H17NO7/c21-16(12-17(22)23)19(25)27-18(24)13-6-8-14(9-7-13)20-10-2-1-4-15-5-3-11-26-15/h3,5-9,11,16,20-21H,2,10,12H2,(H,22,23). The van der Waals surface area contributed by atoms with E-state index in [0.29, 0.717) is 18.7 Å². The number of aliphatic carboxylic acids is 1. The zero-order valence-electron chi connectivity index (χ0n) is 14.2. The molecule has 1 atom stereocenters. The number of hydrogen-bond donors (Lipinski definition) is 3. The first kappa shape index (κ1) is 19.8. The van der Waals surface area contributed by atoms with Gasteiger partial charge < -0.3 is 24.7 Å². The third-order valence-corrected chi connectivity index (χ3v) is 3.27. The molecule has 3 N–H and O–H groups in total. The molecule has 2 aromatic rings. The van der Waals surface area contributed by atoms with E-state index in [1.165, 1.54) is 12.1 Å². The van der Waals surface area contributed by atoms with Crippen LogP contribution < -0.4 is 5.32 Å². The zero-order chi connectivity index (χ0) is 19.6. The van der Waals surface area contributed by atoms with Crippen molar-refractivity contribution >= 4 is 23.6 Å². The van der Waals surface area contributed by atoms with E-state index in [2.05, 4.69) is 21.9 Å². The average molecular weight is 371 g/mol. The third kappa shape index (κ3) is 6.68. The van der Waals surface area contributed by atoms with E-state index in [0.717, 1.165) is 5.69 Å². The largest absolute Gasteiger partial charge is 0.481 e. The second kappa shape index (κ2) is 9.79. The van der Waals surface area contributed by atoms with Gasteiger partial charge in [-0.05, 0) is 42.3 Å². The molecule has 8 nitrogen and oxygen atoms in total. The highest BCUT2D eigenvalue weighted by Crippen LogP contribution is 2.11. The molecule has 8 heteroatoms. The summed E-state index contributed by atoms with van der Waals surface area (Å²) in [6, 6.07) is 9.65. The van der Waals surface area contributed by atoms with E-state index in [9.17, 15) is 19.5 Å². The Hall–Kier alpha value is -3.57. The molecule has 1 unspecified atom stereocenters. The van der Waals surface area contributed by atoms with Gasteiger partial charge in [0, 0.05) is 18.7 Å². The lowest BCUT2D eigenvalue weighted by Gasteiger charge is -2.08. The molecule has 0 radical (unpaired) electrons. The molecule has 0 fully saturated rings. The lowest BCUT2D eigenvalue weighted by atomic mass is 10.2. The van der Waals surface area contributed by atoms with E-state index in [1.54, 1.807) is 30.5 Å². The summed E-state index contributed by atoms with van der Waals surface area (Å²) in [5.74, 6) is 2.76. The molecule has 1 heterocycles. The molecule has 1 aromatic heterocycles. The summed E-state index contributed by atoms with van der Waals surface area (Å²) in [6.45, 7) is 0.581. The number of carboxylic acids is 1. The van der Waals surface area contributed by atoms with E-state index in [-0.39, 0.29) is 5.56 Å². The molecular weight excluding hydrogens is 354 g/mol. The van der Waals surface area contributed by atoms with Crippen LogP contribution in [0, 0.1) is 11.8 Å². The van der Waals surface area contributed by atoms with Gasteiger partial charge in [-0.3, -0.25) is 4.79 Å². The average Bonchev–Trinajstić information content (AvgIpc) is 3.14. The van der Waals surface area contributed by atoms with Crippen LogP contribution in [0.2, 0.25) is 0 Å². The first-order chi connectivity index (χ1) is 13.0. The van der Waals surface area contributed by atoms with Crippen LogP contribution in [0.15, 0.2) is 47.1 Å². The normalized spacial score (nSPS) is 11.0. The van der Waals surface area contributed by atoms with Gasteiger partial charge in [-0.1, -0.05) is 5.92 Å². The van der Waals surface area contributed by atoms with Crippen LogP contribution in [-0.2, 0) is 14.3 Å². The summed E-state index contributed by atoms with van der Waals surface area (Å²) in [7, 11) is 0. The van der Waals surface area contributed by atoms with Crippen molar-refractivity contribution in [3.63, 3.8) is 0 Å². The minimum Gasteiger partial charge on any atom is -0.481 e. The summed E-state index contributed by atoms with van der Waals surface area (Å²) < 4.78 is 9.54. The Morgan fingerprint density at radius 3 is 2.56 bits per heavy atom. The molecule has 1 aromatic carbocycles. The highest BCUT2D eigenvalue weighted by Gasteiger charge is 2.23. The number of esters is 2. The highest BCUT2D eigenvalue weighted by atomic mass is 16.6. The Morgan fingerprint density at radius 1 is 1.19 bits per heavy atom. The van der Waals surface area contributed by atoms with Gasteiger partial charge in [0.05, 0.1) is 18.2 Å². The van der Waals surface area contributed by atoms with Crippen molar-refractivity contribution in [2.45, 2.75) is 18.9 Å². The van der Waals surface area contributed by atoms with E-state index in [4.69, 9.17) is 9.52 Å². The molecule has 0 amide bonds. The molecule has 0 saturated carbocycles. The van der Waals surface area contributed by atoms with Crippen LogP contribution in [0.25, 0.3) is 0 Å². The predicted octanol–water partition coefficient (Wildman–Crippen LogP) is 1.65. The smallest absolute Gasteiger partial charge is 0.345 e. The molecule has 0 aliphatic heterocycles. The summed E-state index contributed by atoms with van der Waals surface area (Å²) in [6.07, 6.45) is -0.595.